The Morgan fingerprint density at radius 1 is 1.53 bits per heavy atom. The third kappa shape index (κ3) is 4.03. The summed E-state index contributed by atoms with van der Waals surface area (Å²) in [7, 11) is -1.19. The van der Waals surface area contributed by atoms with Gasteiger partial charge >= 0.3 is 0 Å². The quantitative estimate of drug-likeness (QED) is 0.856. The number of nitrogen functional groups attached to an aromatic ring is 1. The Balaban J connectivity index is 2.75. The van der Waals surface area contributed by atoms with E-state index < -0.39 is 16.2 Å². The zero-order chi connectivity index (χ0) is 13.1. The van der Waals surface area contributed by atoms with Crippen molar-refractivity contribution in [1.29, 1.82) is 5.26 Å². The van der Waals surface area contributed by atoms with Crippen LogP contribution in [0, 0.1) is 16.7 Å². The molecule has 0 saturated carbocycles. The lowest BCUT2D eigenvalue weighted by molar-refractivity contribution is 0.479. The molecule has 0 aliphatic rings. The van der Waals surface area contributed by atoms with Gasteiger partial charge in [0.1, 0.15) is 0 Å². The SMILES string of the molecule is CC(C)(C#N)CCS(=O)c1ccc(Cl)cc1N. The Morgan fingerprint density at radius 2 is 2.18 bits per heavy atom. The van der Waals surface area contributed by atoms with Gasteiger partial charge in [0.05, 0.1) is 27.2 Å². The van der Waals surface area contributed by atoms with E-state index >= 15 is 0 Å². The van der Waals surface area contributed by atoms with E-state index in [0.29, 0.717) is 27.8 Å². The molecule has 0 aromatic heterocycles. The summed E-state index contributed by atoms with van der Waals surface area (Å²) in [5.41, 5.74) is 5.73. The predicted octanol–water partition coefficient (Wildman–Crippen LogP) is 2.97. The molecule has 0 spiro atoms. The van der Waals surface area contributed by atoms with E-state index in [4.69, 9.17) is 22.6 Å². The zero-order valence-corrected chi connectivity index (χ0v) is 11.4. The molecule has 1 rings (SSSR count). The van der Waals surface area contributed by atoms with Gasteiger partial charge in [-0.1, -0.05) is 11.6 Å². The Morgan fingerprint density at radius 3 is 2.71 bits per heavy atom. The molecular weight excluding hydrogens is 256 g/mol. The van der Waals surface area contributed by atoms with Crippen molar-refractivity contribution in [3.8, 4) is 6.07 Å². The summed E-state index contributed by atoms with van der Waals surface area (Å²) < 4.78 is 12.0. The highest BCUT2D eigenvalue weighted by Gasteiger charge is 2.19. The number of halogens is 1. The van der Waals surface area contributed by atoms with Crippen LogP contribution < -0.4 is 5.73 Å². The first-order valence-electron chi connectivity index (χ1n) is 5.20. The van der Waals surface area contributed by atoms with Crippen LogP contribution in [0.4, 0.5) is 5.69 Å². The van der Waals surface area contributed by atoms with Crippen LogP contribution in [-0.4, -0.2) is 9.96 Å². The van der Waals surface area contributed by atoms with Gasteiger partial charge in [-0.15, -0.1) is 0 Å². The van der Waals surface area contributed by atoms with Gasteiger partial charge in [0, 0.05) is 16.5 Å². The summed E-state index contributed by atoms with van der Waals surface area (Å²) >= 11 is 5.77. The lowest BCUT2D eigenvalue weighted by Gasteiger charge is -2.14. The van der Waals surface area contributed by atoms with Crippen LogP contribution in [0.3, 0.4) is 0 Å². The molecule has 1 aromatic rings. The molecule has 0 bridgehead atoms. The van der Waals surface area contributed by atoms with Gasteiger partial charge in [0.2, 0.25) is 0 Å². The average molecular weight is 271 g/mol. The largest absolute Gasteiger partial charge is 0.398 e. The molecule has 0 saturated heterocycles. The first-order chi connectivity index (χ1) is 7.85. The maximum atomic E-state index is 12.0. The molecule has 0 amide bonds. The Hall–Kier alpha value is -1.05. The van der Waals surface area contributed by atoms with E-state index in [0.717, 1.165) is 0 Å². The molecule has 1 aromatic carbocycles. The van der Waals surface area contributed by atoms with Gasteiger partial charge in [0.25, 0.3) is 0 Å². The maximum Gasteiger partial charge on any atom is 0.0684 e. The lowest BCUT2D eigenvalue weighted by atomic mass is 9.93. The minimum atomic E-state index is -1.19. The van der Waals surface area contributed by atoms with Gasteiger partial charge in [-0.05, 0) is 38.5 Å². The summed E-state index contributed by atoms with van der Waals surface area (Å²) in [4.78, 5) is 0.586. The van der Waals surface area contributed by atoms with Crippen LogP contribution in [-0.2, 0) is 10.8 Å². The molecule has 1 atom stereocenters. The fraction of sp³-hybridized carbons (Fsp3) is 0.417. The standard InChI is InChI=1S/C12H15ClN2OS/c1-12(2,8-14)5-6-17(16)11-4-3-9(13)7-10(11)15/h3-4,7H,5-6,15H2,1-2H3. The van der Waals surface area contributed by atoms with Crippen LogP contribution in [0.15, 0.2) is 23.1 Å². The Labute approximate surface area is 109 Å². The molecule has 0 aliphatic heterocycles. The van der Waals surface area contributed by atoms with Crippen molar-refractivity contribution in [2.75, 3.05) is 11.5 Å². The highest BCUT2D eigenvalue weighted by Crippen LogP contribution is 2.24. The first kappa shape index (κ1) is 14.0. The van der Waals surface area contributed by atoms with Gasteiger partial charge in [-0.3, -0.25) is 4.21 Å². The zero-order valence-electron chi connectivity index (χ0n) is 9.87. The molecule has 0 aliphatic carbocycles. The summed E-state index contributed by atoms with van der Waals surface area (Å²) in [5, 5.41) is 9.41. The highest BCUT2D eigenvalue weighted by molar-refractivity contribution is 7.85. The van der Waals surface area contributed by atoms with Crippen LogP contribution >= 0.6 is 11.6 Å². The molecule has 0 radical (unpaired) electrons. The van der Waals surface area contributed by atoms with Crippen LogP contribution in [0.25, 0.3) is 0 Å². The van der Waals surface area contributed by atoms with E-state index in [1.54, 1.807) is 18.2 Å². The molecule has 5 heteroatoms. The average Bonchev–Trinajstić information content (AvgIpc) is 2.26. The van der Waals surface area contributed by atoms with Crippen molar-refractivity contribution in [2.24, 2.45) is 5.41 Å². The minimum absolute atomic E-state index is 0.423. The molecule has 1 unspecified atom stereocenters. The van der Waals surface area contributed by atoms with E-state index in [1.165, 1.54) is 0 Å². The van der Waals surface area contributed by atoms with Crippen LogP contribution in [0.2, 0.25) is 5.02 Å². The molecule has 92 valence electrons. The topological polar surface area (TPSA) is 66.9 Å². The summed E-state index contributed by atoms with van der Waals surface area (Å²) in [6, 6.07) is 7.11. The Bertz CT molecular complexity index is 480. The van der Waals surface area contributed by atoms with Gasteiger partial charge < -0.3 is 5.73 Å². The highest BCUT2D eigenvalue weighted by atomic mass is 35.5. The normalized spacial score (nSPS) is 13.1. The molecular formula is C12H15ClN2OS. The van der Waals surface area contributed by atoms with E-state index in [-0.39, 0.29) is 0 Å². The number of nitrogens with two attached hydrogens (primary N) is 1. The number of hydrogen-bond donors (Lipinski definition) is 1. The number of rotatable bonds is 4. The van der Waals surface area contributed by atoms with Crippen molar-refractivity contribution in [3.05, 3.63) is 23.2 Å². The fourth-order valence-electron chi connectivity index (χ4n) is 1.24. The van der Waals surface area contributed by atoms with Crippen molar-refractivity contribution in [3.63, 3.8) is 0 Å². The second kappa shape index (κ2) is 5.52. The van der Waals surface area contributed by atoms with Crippen LogP contribution in [0.1, 0.15) is 20.3 Å². The summed E-state index contributed by atoms with van der Waals surface area (Å²) in [6.45, 7) is 3.66. The van der Waals surface area contributed by atoms with E-state index in [2.05, 4.69) is 6.07 Å². The molecule has 0 heterocycles. The molecule has 0 fully saturated rings. The smallest absolute Gasteiger partial charge is 0.0684 e. The third-order valence-electron chi connectivity index (χ3n) is 2.43. The van der Waals surface area contributed by atoms with E-state index in [1.807, 2.05) is 13.8 Å². The first-order valence-corrected chi connectivity index (χ1v) is 6.90. The molecule has 2 N–H and O–H groups in total. The minimum Gasteiger partial charge on any atom is -0.398 e. The molecule has 17 heavy (non-hydrogen) atoms. The van der Waals surface area contributed by atoms with Crippen molar-refractivity contribution < 1.29 is 4.21 Å². The second-order valence-electron chi connectivity index (χ2n) is 4.48. The number of nitriles is 1. The van der Waals surface area contributed by atoms with Crippen molar-refractivity contribution in [1.82, 2.24) is 0 Å². The van der Waals surface area contributed by atoms with Gasteiger partial charge in [-0.2, -0.15) is 5.26 Å². The Kier molecular flexibility index (Phi) is 4.55. The molecule has 3 nitrogen and oxygen atoms in total. The number of hydrogen-bond acceptors (Lipinski definition) is 3. The van der Waals surface area contributed by atoms with Crippen molar-refractivity contribution in [2.45, 2.75) is 25.2 Å². The van der Waals surface area contributed by atoms with Crippen molar-refractivity contribution >= 4 is 28.1 Å². The second-order valence-corrected chi connectivity index (χ2v) is 6.45. The summed E-state index contributed by atoms with van der Waals surface area (Å²) in [5.74, 6) is 0.423. The number of anilines is 1. The van der Waals surface area contributed by atoms with Crippen LogP contribution in [0.5, 0.6) is 0 Å². The number of nitrogens with zero attached hydrogens (tertiary/aromatic N) is 1. The number of benzene rings is 1. The lowest BCUT2D eigenvalue weighted by Crippen LogP contribution is -2.13. The van der Waals surface area contributed by atoms with Gasteiger partial charge in [-0.25, -0.2) is 0 Å². The third-order valence-corrected chi connectivity index (χ3v) is 4.10. The predicted molar refractivity (Wildman–Crippen MR) is 71.2 cm³/mol. The van der Waals surface area contributed by atoms with E-state index in [9.17, 15) is 4.21 Å². The summed E-state index contributed by atoms with van der Waals surface area (Å²) in [6.07, 6.45) is 0.568. The monoisotopic (exact) mass is 270 g/mol. The van der Waals surface area contributed by atoms with Gasteiger partial charge in [0.15, 0.2) is 0 Å². The maximum absolute atomic E-state index is 12.0. The fourth-order valence-corrected chi connectivity index (χ4v) is 2.88.